The van der Waals surface area contributed by atoms with E-state index in [-0.39, 0.29) is 16.7 Å². The molecule has 3 rings (SSSR count). The normalized spacial score (nSPS) is 15.3. The monoisotopic (exact) mass is 329 g/mol. The summed E-state index contributed by atoms with van der Waals surface area (Å²) in [6.07, 6.45) is 5.11. The van der Waals surface area contributed by atoms with Crippen LogP contribution in [-0.4, -0.2) is 17.0 Å². The molecule has 4 nitrogen and oxygen atoms in total. The van der Waals surface area contributed by atoms with Crippen molar-refractivity contribution in [2.75, 3.05) is 5.32 Å². The minimum atomic E-state index is -1.00. The van der Waals surface area contributed by atoms with Crippen LogP contribution in [0.25, 0.3) is 10.4 Å². The zero-order valence-electron chi connectivity index (χ0n) is 12.7. The topological polar surface area (TPSA) is 66.4 Å². The second kappa shape index (κ2) is 6.96. The molecule has 1 saturated carbocycles. The minimum Gasteiger partial charge on any atom is -0.477 e. The average molecular weight is 329 g/mol. The van der Waals surface area contributed by atoms with Crippen LogP contribution in [0.15, 0.2) is 36.4 Å². The van der Waals surface area contributed by atoms with E-state index in [0.29, 0.717) is 5.69 Å². The zero-order chi connectivity index (χ0) is 16.2. The molecular formula is C18H19NO3S. The molecule has 1 amide bonds. The third kappa shape index (κ3) is 3.62. The lowest BCUT2D eigenvalue weighted by atomic mass is 9.88. The van der Waals surface area contributed by atoms with Gasteiger partial charge < -0.3 is 10.4 Å². The van der Waals surface area contributed by atoms with Crippen LogP contribution in [0, 0.1) is 5.92 Å². The van der Waals surface area contributed by atoms with E-state index in [1.807, 2.05) is 30.3 Å². The van der Waals surface area contributed by atoms with Gasteiger partial charge in [-0.1, -0.05) is 49.6 Å². The number of hydrogen-bond acceptors (Lipinski definition) is 3. The highest BCUT2D eigenvalue weighted by Gasteiger charge is 2.24. The predicted octanol–water partition coefficient (Wildman–Crippen LogP) is 4.63. The van der Waals surface area contributed by atoms with Gasteiger partial charge in [0, 0.05) is 10.8 Å². The summed E-state index contributed by atoms with van der Waals surface area (Å²) in [5, 5.41) is 12.3. The maximum atomic E-state index is 12.4. The molecule has 1 aromatic carbocycles. The third-order valence-corrected chi connectivity index (χ3v) is 5.39. The number of benzene rings is 1. The first-order valence-electron chi connectivity index (χ1n) is 7.88. The summed E-state index contributed by atoms with van der Waals surface area (Å²) in [7, 11) is 0. The van der Waals surface area contributed by atoms with E-state index >= 15 is 0 Å². The number of aromatic carboxylic acids is 1. The van der Waals surface area contributed by atoms with Crippen molar-refractivity contribution < 1.29 is 14.7 Å². The van der Waals surface area contributed by atoms with Crippen LogP contribution in [0.4, 0.5) is 5.69 Å². The van der Waals surface area contributed by atoms with E-state index in [1.165, 1.54) is 17.8 Å². The fourth-order valence-corrected chi connectivity index (χ4v) is 3.94. The highest BCUT2D eigenvalue weighted by atomic mass is 32.1. The number of anilines is 1. The van der Waals surface area contributed by atoms with Gasteiger partial charge in [-0.05, 0) is 24.5 Å². The Kier molecular flexibility index (Phi) is 4.76. The smallest absolute Gasteiger partial charge is 0.348 e. The van der Waals surface area contributed by atoms with Crippen LogP contribution < -0.4 is 5.32 Å². The Hall–Kier alpha value is -2.14. The SMILES string of the molecule is O=C(O)c1sc(-c2ccccc2)cc1NC(=O)C1CCCCC1. The number of carbonyl (C=O) groups excluding carboxylic acids is 1. The molecular weight excluding hydrogens is 310 g/mol. The highest BCUT2D eigenvalue weighted by Crippen LogP contribution is 2.35. The molecule has 0 aliphatic heterocycles. The number of carbonyl (C=O) groups is 2. The van der Waals surface area contributed by atoms with Crippen LogP contribution in [0.2, 0.25) is 0 Å². The molecule has 1 aromatic heterocycles. The number of carboxylic acid groups (broad SMARTS) is 1. The van der Waals surface area contributed by atoms with Crippen LogP contribution in [0.3, 0.4) is 0 Å². The molecule has 0 saturated heterocycles. The van der Waals surface area contributed by atoms with E-state index in [2.05, 4.69) is 5.32 Å². The van der Waals surface area contributed by atoms with Crippen LogP contribution in [0.1, 0.15) is 41.8 Å². The summed E-state index contributed by atoms with van der Waals surface area (Å²) >= 11 is 1.20. The molecule has 0 atom stereocenters. The van der Waals surface area contributed by atoms with Gasteiger partial charge in [0.2, 0.25) is 5.91 Å². The Balaban J connectivity index is 1.84. The standard InChI is InChI=1S/C18H19NO3S/c20-17(13-9-5-2-6-10-13)19-14-11-15(23-16(14)18(21)22)12-7-3-1-4-8-12/h1,3-4,7-8,11,13H,2,5-6,9-10H2,(H,19,20)(H,21,22). The van der Waals surface area contributed by atoms with Crippen molar-refractivity contribution in [1.82, 2.24) is 0 Å². The molecule has 23 heavy (non-hydrogen) atoms. The molecule has 1 heterocycles. The summed E-state index contributed by atoms with van der Waals surface area (Å²) in [4.78, 5) is 24.9. The van der Waals surface area contributed by atoms with Crippen molar-refractivity contribution in [3.05, 3.63) is 41.3 Å². The number of nitrogens with one attached hydrogen (secondary N) is 1. The summed E-state index contributed by atoms with van der Waals surface area (Å²) in [5.41, 5.74) is 1.37. The van der Waals surface area contributed by atoms with E-state index in [0.717, 1.165) is 36.1 Å². The van der Waals surface area contributed by atoms with Crippen LogP contribution in [-0.2, 0) is 4.79 Å². The molecule has 5 heteroatoms. The molecule has 1 aliphatic rings. The molecule has 0 unspecified atom stereocenters. The molecule has 0 spiro atoms. The van der Waals surface area contributed by atoms with Crippen molar-refractivity contribution in [3.63, 3.8) is 0 Å². The molecule has 1 aliphatic carbocycles. The van der Waals surface area contributed by atoms with Gasteiger partial charge in [0.25, 0.3) is 0 Å². The van der Waals surface area contributed by atoms with Gasteiger partial charge in [-0.2, -0.15) is 0 Å². The second-order valence-electron chi connectivity index (χ2n) is 5.85. The Morgan fingerprint density at radius 3 is 2.43 bits per heavy atom. The van der Waals surface area contributed by atoms with Crippen LogP contribution >= 0.6 is 11.3 Å². The molecule has 1 fully saturated rings. The van der Waals surface area contributed by atoms with Crippen molar-refractivity contribution in [2.24, 2.45) is 5.92 Å². The first-order valence-corrected chi connectivity index (χ1v) is 8.70. The van der Waals surface area contributed by atoms with Crippen molar-refractivity contribution in [2.45, 2.75) is 32.1 Å². The van der Waals surface area contributed by atoms with E-state index in [9.17, 15) is 14.7 Å². The highest BCUT2D eigenvalue weighted by molar-refractivity contribution is 7.18. The lowest BCUT2D eigenvalue weighted by Gasteiger charge is -2.20. The average Bonchev–Trinajstić information content (AvgIpc) is 3.00. The van der Waals surface area contributed by atoms with E-state index in [1.54, 1.807) is 6.07 Å². The maximum Gasteiger partial charge on any atom is 0.348 e. The van der Waals surface area contributed by atoms with Gasteiger partial charge in [0.1, 0.15) is 4.88 Å². The summed E-state index contributed by atoms with van der Waals surface area (Å²) in [5.74, 6) is -1.05. The van der Waals surface area contributed by atoms with Gasteiger partial charge in [0.15, 0.2) is 0 Å². The Labute approximate surface area is 139 Å². The number of rotatable bonds is 4. The molecule has 2 N–H and O–H groups in total. The summed E-state index contributed by atoms with van der Waals surface area (Å²) in [6.45, 7) is 0. The third-order valence-electron chi connectivity index (χ3n) is 4.22. The summed E-state index contributed by atoms with van der Waals surface area (Å²) < 4.78 is 0. The summed E-state index contributed by atoms with van der Waals surface area (Å²) in [6, 6.07) is 11.4. The Morgan fingerprint density at radius 2 is 1.78 bits per heavy atom. The number of carboxylic acids is 1. The van der Waals surface area contributed by atoms with Gasteiger partial charge in [-0.25, -0.2) is 4.79 Å². The maximum absolute atomic E-state index is 12.4. The Bertz CT molecular complexity index is 702. The lowest BCUT2D eigenvalue weighted by Crippen LogP contribution is -2.25. The lowest BCUT2D eigenvalue weighted by molar-refractivity contribution is -0.120. The molecule has 0 bridgehead atoms. The number of thiophene rings is 1. The fraction of sp³-hybridized carbons (Fsp3) is 0.333. The van der Waals surface area contributed by atoms with Crippen molar-refractivity contribution in [3.8, 4) is 10.4 Å². The minimum absolute atomic E-state index is 0.00506. The molecule has 120 valence electrons. The van der Waals surface area contributed by atoms with Gasteiger partial charge in [-0.3, -0.25) is 4.79 Å². The number of amides is 1. The molecule has 0 radical (unpaired) electrons. The first kappa shape index (κ1) is 15.7. The Morgan fingerprint density at radius 1 is 1.09 bits per heavy atom. The second-order valence-corrected chi connectivity index (χ2v) is 6.90. The fourth-order valence-electron chi connectivity index (χ4n) is 2.99. The van der Waals surface area contributed by atoms with Crippen molar-refractivity contribution >= 4 is 28.9 Å². The van der Waals surface area contributed by atoms with Crippen LogP contribution in [0.5, 0.6) is 0 Å². The van der Waals surface area contributed by atoms with Crippen molar-refractivity contribution in [1.29, 1.82) is 0 Å². The van der Waals surface area contributed by atoms with Gasteiger partial charge >= 0.3 is 5.97 Å². The largest absolute Gasteiger partial charge is 0.477 e. The molecule has 2 aromatic rings. The first-order chi connectivity index (χ1) is 11.1. The predicted molar refractivity (Wildman–Crippen MR) is 91.9 cm³/mol. The zero-order valence-corrected chi connectivity index (χ0v) is 13.6. The van der Waals surface area contributed by atoms with E-state index < -0.39 is 5.97 Å². The van der Waals surface area contributed by atoms with Gasteiger partial charge in [-0.15, -0.1) is 11.3 Å². The number of hydrogen-bond donors (Lipinski definition) is 2. The van der Waals surface area contributed by atoms with Gasteiger partial charge in [0.05, 0.1) is 5.69 Å². The van der Waals surface area contributed by atoms with E-state index in [4.69, 9.17) is 0 Å². The quantitative estimate of drug-likeness (QED) is 0.859.